The van der Waals surface area contributed by atoms with Gasteiger partial charge in [-0.2, -0.15) is 0 Å². The molecule has 110 valence electrons. The quantitative estimate of drug-likeness (QED) is 0.518. The summed E-state index contributed by atoms with van der Waals surface area (Å²) in [7, 11) is 0. The van der Waals surface area contributed by atoms with Gasteiger partial charge in [-0.15, -0.1) is 0 Å². The van der Waals surface area contributed by atoms with E-state index in [2.05, 4.69) is 4.99 Å². The van der Waals surface area contributed by atoms with E-state index in [4.69, 9.17) is 10.5 Å². The summed E-state index contributed by atoms with van der Waals surface area (Å²) in [6, 6.07) is 14.1. The Labute approximate surface area is 128 Å². The van der Waals surface area contributed by atoms with Gasteiger partial charge in [0.2, 0.25) is 0 Å². The van der Waals surface area contributed by atoms with Gasteiger partial charge in [0.15, 0.2) is 16.7 Å². The minimum atomic E-state index is -0.358. The first-order chi connectivity index (χ1) is 10.1. The topological polar surface area (TPSA) is 47.6 Å². The normalized spacial score (nSPS) is 11.4. The van der Waals surface area contributed by atoms with Crippen LogP contribution in [-0.2, 0) is 0 Å². The molecule has 0 aliphatic carbocycles. The number of nitrogens with two attached hydrogens (primary N) is 1. The van der Waals surface area contributed by atoms with Crippen molar-refractivity contribution in [1.29, 1.82) is 0 Å². The third-order valence-electron chi connectivity index (χ3n) is 2.67. The first kappa shape index (κ1) is 15.4. The second-order valence-corrected chi connectivity index (χ2v) is 5.53. The van der Waals surface area contributed by atoms with E-state index in [1.807, 2.05) is 31.2 Å². The molecule has 5 heteroatoms. The molecule has 0 amide bonds. The molecule has 0 radical (unpaired) electrons. The van der Waals surface area contributed by atoms with Crippen LogP contribution in [0.4, 0.5) is 10.1 Å². The van der Waals surface area contributed by atoms with E-state index in [0.717, 1.165) is 11.3 Å². The maximum atomic E-state index is 13.3. The van der Waals surface area contributed by atoms with Crippen LogP contribution in [0.2, 0.25) is 0 Å². The molecule has 0 spiro atoms. The molecule has 3 nitrogen and oxygen atoms in total. The molecule has 0 heterocycles. The Bertz CT molecular complexity index is 631. The summed E-state index contributed by atoms with van der Waals surface area (Å²) in [5.41, 5.74) is 7.81. The van der Waals surface area contributed by atoms with Crippen molar-refractivity contribution in [3.8, 4) is 5.75 Å². The molecule has 0 aliphatic rings. The highest BCUT2D eigenvalue weighted by Crippen LogP contribution is 2.17. The largest absolute Gasteiger partial charge is 0.490 e. The first-order valence-corrected chi connectivity index (χ1v) is 7.54. The Morgan fingerprint density at radius 2 is 2.05 bits per heavy atom. The number of thioether (sulfide) groups is 1. The van der Waals surface area contributed by atoms with Crippen molar-refractivity contribution in [2.24, 2.45) is 10.7 Å². The highest BCUT2D eigenvalue weighted by Gasteiger charge is 2.01. The van der Waals surface area contributed by atoms with Crippen LogP contribution in [0.1, 0.15) is 5.56 Å². The Morgan fingerprint density at radius 1 is 1.24 bits per heavy atom. The average Bonchev–Trinajstić information content (AvgIpc) is 2.45. The zero-order chi connectivity index (χ0) is 15.1. The lowest BCUT2D eigenvalue weighted by molar-refractivity contribution is 0.325. The number of hydrogen-bond acceptors (Lipinski definition) is 3. The highest BCUT2D eigenvalue weighted by atomic mass is 32.2. The van der Waals surface area contributed by atoms with E-state index in [9.17, 15) is 4.39 Å². The van der Waals surface area contributed by atoms with Crippen molar-refractivity contribution in [3.05, 3.63) is 59.9 Å². The molecule has 21 heavy (non-hydrogen) atoms. The third-order valence-corrected chi connectivity index (χ3v) is 3.43. The minimum absolute atomic E-state index is 0.257. The number of halogens is 1. The molecule has 2 rings (SSSR count). The van der Waals surface area contributed by atoms with Gasteiger partial charge in [-0.05, 0) is 36.8 Å². The number of nitrogens with zero attached hydrogens (tertiary/aromatic N) is 1. The predicted octanol–water partition coefficient (Wildman–Crippen LogP) is 3.89. The first-order valence-electron chi connectivity index (χ1n) is 6.56. The summed E-state index contributed by atoms with van der Waals surface area (Å²) in [4.78, 5) is 4.31. The molecular weight excluding hydrogens is 287 g/mol. The Hall–Kier alpha value is -2.01. The minimum Gasteiger partial charge on any atom is -0.490 e. The number of ether oxygens (including phenoxy) is 1. The van der Waals surface area contributed by atoms with Gasteiger partial charge in [0.25, 0.3) is 0 Å². The van der Waals surface area contributed by atoms with Gasteiger partial charge >= 0.3 is 0 Å². The van der Waals surface area contributed by atoms with Crippen LogP contribution in [0.25, 0.3) is 0 Å². The monoisotopic (exact) mass is 304 g/mol. The number of hydrogen-bond donors (Lipinski definition) is 1. The van der Waals surface area contributed by atoms with Crippen LogP contribution in [0.3, 0.4) is 0 Å². The highest BCUT2D eigenvalue weighted by molar-refractivity contribution is 8.13. The number of para-hydroxylation sites is 1. The predicted molar refractivity (Wildman–Crippen MR) is 86.8 cm³/mol. The van der Waals surface area contributed by atoms with Gasteiger partial charge in [-0.1, -0.05) is 36.0 Å². The molecule has 0 saturated carbocycles. The summed E-state index contributed by atoms with van der Waals surface area (Å²) in [5, 5.41) is 0.470. The zero-order valence-corrected chi connectivity index (χ0v) is 12.6. The average molecular weight is 304 g/mol. The molecule has 0 bridgehead atoms. The summed E-state index contributed by atoms with van der Waals surface area (Å²) in [6.07, 6.45) is 0. The lowest BCUT2D eigenvalue weighted by atomic mass is 10.2. The van der Waals surface area contributed by atoms with Gasteiger partial charge in [0.1, 0.15) is 0 Å². The van der Waals surface area contributed by atoms with E-state index in [0.29, 0.717) is 17.5 Å². The second kappa shape index (κ2) is 7.69. The fourth-order valence-electron chi connectivity index (χ4n) is 1.72. The van der Waals surface area contributed by atoms with Crippen LogP contribution in [-0.4, -0.2) is 17.5 Å². The Kier molecular flexibility index (Phi) is 5.63. The van der Waals surface area contributed by atoms with Gasteiger partial charge in [0.05, 0.1) is 12.3 Å². The summed E-state index contributed by atoms with van der Waals surface area (Å²) >= 11 is 1.38. The van der Waals surface area contributed by atoms with Crippen LogP contribution >= 0.6 is 11.8 Å². The molecule has 2 N–H and O–H groups in total. The number of amidine groups is 1. The zero-order valence-electron chi connectivity index (χ0n) is 11.8. The van der Waals surface area contributed by atoms with E-state index >= 15 is 0 Å². The fourth-order valence-corrected chi connectivity index (χ4v) is 2.26. The molecule has 0 unspecified atom stereocenters. The number of aryl methyl sites for hydroxylation is 1. The van der Waals surface area contributed by atoms with Crippen molar-refractivity contribution in [1.82, 2.24) is 0 Å². The molecular formula is C16H17FN2OS. The summed E-state index contributed by atoms with van der Waals surface area (Å²) in [5.74, 6) is 0.506. The standard InChI is InChI=1S/C16H17FN2OS/c1-12-5-4-6-13(11-12)19-16(18)21-10-9-20-15-8-3-2-7-14(15)17/h2-8,11H,9-10H2,1H3,(H2,18,19). The molecule has 0 saturated heterocycles. The van der Waals surface area contributed by atoms with E-state index in [1.54, 1.807) is 18.2 Å². The van der Waals surface area contributed by atoms with Crippen LogP contribution in [0, 0.1) is 12.7 Å². The maximum Gasteiger partial charge on any atom is 0.165 e. The Morgan fingerprint density at radius 3 is 2.81 bits per heavy atom. The lowest BCUT2D eigenvalue weighted by Crippen LogP contribution is -2.10. The SMILES string of the molecule is Cc1cccc(N=C(N)SCCOc2ccccc2F)c1. The van der Waals surface area contributed by atoms with Gasteiger partial charge in [-0.25, -0.2) is 9.38 Å². The van der Waals surface area contributed by atoms with Crippen molar-refractivity contribution in [3.63, 3.8) is 0 Å². The van der Waals surface area contributed by atoms with Crippen LogP contribution in [0.5, 0.6) is 5.75 Å². The smallest absolute Gasteiger partial charge is 0.165 e. The van der Waals surface area contributed by atoms with Crippen molar-refractivity contribution < 1.29 is 9.13 Å². The molecule has 0 fully saturated rings. The Balaban J connectivity index is 1.79. The van der Waals surface area contributed by atoms with Crippen molar-refractivity contribution in [2.45, 2.75) is 6.92 Å². The van der Waals surface area contributed by atoms with E-state index in [1.165, 1.54) is 17.8 Å². The molecule has 0 aromatic heterocycles. The van der Waals surface area contributed by atoms with Gasteiger partial charge < -0.3 is 10.5 Å². The summed E-state index contributed by atoms with van der Waals surface area (Å²) in [6.45, 7) is 2.38. The third kappa shape index (κ3) is 5.11. The van der Waals surface area contributed by atoms with E-state index < -0.39 is 0 Å². The number of aliphatic imine (C=N–C) groups is 1. The van der Waals surface area contributed by atoms with Gasteiger partial charge in [-0.3, -0.25) is 0 Å². The molecule has 2 aromatic carbocycles. The van der Waals surface area contributed by atoms with E-state index in [-0.39, 0.29) is 11.6 Å². The lowest BCUT2D eigenvalue weighted by Gasteiger charge is -2.06. The fraction of sp³-hybridized carbons (Fsp3) is 0.188. The number of rotatable bonds is 5. The molecule has 0 aliphatic heterocycles. The van der Waals surface area contributed by atoms with Crippen LogP contribution in [0.15, 0.2) is 53.5 Å². The van der Waals surface area contributed by atoms with Crippen LogP contribution < -0.4 is 10.5 Å². The second-order valence-electron chi connectivity index (χ2n) is 4.42. The van der Waals surface area contributed by atoms with Crippen molar-refractivity contribution >= 4 is 22.6 Å². The molecule has 0 atom stereocenters. The van der Waals surface area contributed by atoms with Crippen molar-refractivity contribution in [2.75, 3.05) is 12.4 Å². The summed E-state index contributed by atoms with van der Waals surface area (Å²) < 4.78 is 18.7. The number of benzene rings is 2. The van der Waals surface area contributed by atoms with Gasteiger partial charge in [0, 0.05) is 5.75 Å². The molecule has 2 aromatic rings. The maximum absolute atomic E-state index is 13.3.